The molecule has 4 rings (SSSR count). The summed E-state index contributed by atoms with van der Waals surface area (Å²) in [6.07, 6.45) is -0.0614. The van der Waals surface area contributed by atoms with Gasteiger partial charge < -0.3 is 29.7 Å². The van der Waals surface area contributed by atoms with Crippen LogP contribution < -0.4 is 15.4 Å². The highest BCUT2D eigenvalue weighted by molar-refractivity contribution is 5.82. The van der Waals surface area contributed by atoms with E-state index in [1.807, 2.05) is 45.0 Å². The molecule has 2 aromatic heterocycles. The van der Waals surface area contributed by atoms with Crippen LogP contribution in [0.25, 0.3) is 22.6 Å². The number of aromatic nitrogens is 3. The van der Waals surface area contributed by atoms with Crippen molar-refractivity contribution >= 4 is 11.8 Å². The molecule has 10 heteroatoms. The van der Waals surface area contributed by atoms with Crippen molar-refractivity contribution in [2.75, 3.05) is 32.1 Å². The SMILES string of the molecule is CNCC(O)COc1cccc(-c2nc(N[C@H]3CCOC3=O)c(C)c(-c3c(C)noc3C)n2)c1. The molecule has 1 unspecified atom stereocenters. The molecule has 10 nitrogen and oxygen atoms in total. The number of aliphatic hydroxyl groups is 1. The summed E-state index contributed by atoms with van der Waals surface area (Å²) in [5.41, 5.74) is 3.69. The Morgan fingerprint density at radius 2 is 2.09 bits per heavy atom. The number of hydrogen-bond donors (Lipinski definition) is 3. The van der Waals surface area contributed by atoms with E-state index in [9.17, 15) is 9.90 Å². The van der Waals surface area contributed by atoms with Crippen LogP contribution in [0.4, 0.5) is 5.82 Å². The number of ether oxygens (including phenoxy) is 2. The van der Waals surface area contributed by atoms with Crippen molar-refractivity contribution in [3.05, 3.63) is 41.3 Å². The fourth-order valence-electron chi connectivity index (χ4n) is 3.85. The molecule has 34 heavy (non-hydrogen) atoms. The third-order valence-electron chi connectivity index (χ3n) is 5.64. The first-order chi connectivity index (χ1) is 16.4. The van der Waals surface area contributed by atoms with E-state index in [0.717, 1.165) is 16.7 Å². The third-order valence-corrected chi connectivity index (χ3v) is 5.64. The molecule has 1 fully saturated rings. The maximum atomic E-state index is 12.1. The summed E-state index contributed by atoms with van der Waals surface area (Å²) in [6, 6.07) is 6.89. The van der Waals surface area contributed by atoms with E-state index in [1.165, 1.54) is 0 Å². The van der Waals surface area contributed by atoms with Gasteiger partial charge in [0, 0.05) is 24.1 Å². The monoisotopic (exact) mass is 467 g/mol. The smallest absolute Gasteiger partial charge is 0.328 e. The minimum absolute atomic E-state index is 0.153. The maximum absolute atomic E-state index is 12.1. The average Bonchev–Trinajstić information content (AvgIpc) is 3.38. The summed E-state index contributed by atoms with van der Waals surface area (Å²) >= 11 is 0. The van der Waals surface area contributed by atoms with Gasteiger partial charge in [-0.05, 0) is 40.0 Å². The quantitative estimate of drug-likeness (QED) is 0.403. The van der Waals surface area contributed by atoms with Gasteiger partial charge in [-0.25, -0.2) is 14.8 Å². The van der Waals surface area contributed by atoms with Crippen molar-refractivity contribution in [2.24, 2.45) is 0 Å². The lowest BCUT2D eigenvalue weighted by molar-refractivity contribution is -0.138. The summed E-state index contributed by atoms with van der Waals surface area (Å²) < 4.78 is 16.2. The second-order valence-electron chi connectivity index (χ2n) is 8.27. The Labute approximate surface area is 197 Å². The first-order valence-electron chi connectivity index (χ1n) is 11.2. The lowest BCUT2D eigenvalue weighted by Gasteiger charge is -2.17. The Morgan fingerprint density at radius 3 is 2.76 bits per heavy atom. The zero-order valence-corrected chi connectivity index (χ0v) is 19.7. The van der Waals surface area contributed by atoms with Gasteiger partial charge in [0.1, 0.15) is 36.1 Å². The number of benzene rings is 1. The molecular formula is C24H29N5O5. The minimum Gasteiger partial charge on any atom is -0.491 e. The second kappa shape index (κ2) is 10.2. The molecule has 3 aromatic rings. The van der Waals surface area contributed by atoms with E-state index in [4.69, 9.17) is 24.0 Å². The third kappa shape index (κ3) is 5.02. The van der Waals surface area contributed by atoms with E-state index >= 15 is 0 Å². The van der Waals surface area contributed by atoms with Crippen LogP contribution in [-0.4, -0.2) is 65.2 Å². The molecule has 0 spiro atoms. The number of nitrogens with one attached hydrogen (secondary N) is 2. The van der Waals surface area contributed by atoms with Gasteiger partial charge >= 0.3 is 5.97 Å². The van der Waals surface area contributed by atoms with Crippen LogP contribution >= 0.6 is 0 Å². The average molecular weight is 468 g/mol. The number of aliphatic hydroxyl groups excluding tert-OH is 1. The molecule has 0 bridgehead atoms. The van der Waals surface area contributed by atoms with Crippen LogP contribution in [0.5, 0.6) is 5.75 Å². The molecular weight excluding hydrogens is 438 g/mol. The first-order valence-corrected chi connectivity index (χ1v) is 11.2. The van der Waals surface area contributed by atoms with Crippen molar-refractivity contribution in [2.45, 2.75) is 39.3 Å². The van der Waals surface area contributed by atoms with Crippen LogP contribution in [0.3, 0.4) is 0 Å². The van der Waals surface area contributed by atoms with Crippen LogP contribution in [-0.2, 0) is 9.53 Å². The molecule has 0 amide bonds. The van der Waals surface area contributed by atoms with Crippen LogP contribution in [0, 0.1) is 20.8 Å². The lowest BCUT2D eigenvalue weighted by atomic mass is 10.0. The number of cyclic esters (lactones) is 1. The van der Waals surface area contributed by atoms with Gasteiger partial charge in [-0.1, -0.05) is 17.3 Å². The number of nitrogens with zero attached hydrogens (tertiary/aromatic N) is 3. The van der Waals surface area contributed by atoms with Crippen LogP contribution in [0.15, 0.2) is 28.8 Å². The van der Waals surface area contributed by atoms with Gasteiger partial charge in [-0.15, -0.1) is 0 Å². The standard InChI is InChI=1S/C24H29N5O5/c1-13-21(20-14(2)29-34-15(20)3)27-23(28-22(13)26-19-8-9-32-24(19)31)16-6-5-7-18(10-16)33-12-17(30)11-25-4/h5-7,10,17,19,25,30H,8-9,11-12H2,1-4H3,(H,26,27,28)/t17?,19-/m0/s1. The highest BCUT2D eigenvalue weighted by Crippen LogP contribution is 2.34. The highest BCUT2D eigenvalue weighted by atomic mass is 16.5. The molecule has 3 heterocycles. The molecule has 1 aromatic carbocycles. The second-order valence-corrected chi connectivity index (χ2v) is 8.27. The number of aryl methyl sites for hydroxylation is 2. The number of rotatable bonds is 9. The Kier molecular flexibility index (Phi) is 7.09. The molecule has 0 saturated carbocycles. The van der Waals surface area contributed by atoms with Crippen LogP contribution in [0.2, 0.25) is 0 Å². The molecule has 2 atom stereocenters. The van der Waals surface area contributed by atoms with Crippen molar-refractivity contribution < 1.29 is 23.9 Å². The summed E-state index contributed by atoms with van der Waals surface area (Å²) in [4.78, 5) is 21.7. The maximum Gasteiger partial charge on any atom is 0.328 e. The van der Waals surface area contributed by atoms with Crippen molar-refractivity contribution in [1.29, 1.82) is 0 Å². The van der Waals surface area contributed by atoms with E-state index in [0.29, 0.717) is 54.1 Å². The van der Waals surface area contributed by atoms with Crippen molar-refractivity contribution in [1.82, 2.24) is 20.4 Å². The number of carbonyl (C=O) groups excluding carboxylic acids is 1. The highest BCUT2D eigenvalue weighted by Gasteiger charge is 2.28. The minimum atomic E-state index is -0.627. The van der Waals surface area contributed by atoms with Gasteiger partial charge in [0.05, 0.1) is 23.6 Å². The zero-order valence-electron chi connectivity index (χ0n) is 19.7. The Bertz CT molecular complexity index is 1160. The normalized spacial score (nSPS) is 16.4. The Morgan fingerprint density at radius 1 is 1.26 bits per heavy atom. The summed E-state index contributed by atoms with van der Waals surface area (Å²) in [5.74, 6) is 1.93. The van der Waals surface area contributed by atoms with E-state index in [2.05, 4.69) is 15.8 Å². The summed E-state index contributed by atoms with van der Waals surface area (Å²) in [7, 11) is 1.77. The molecule has 3 N–H and O–H groups in total. The molecule has 1 aliphatic rings. The number of esters is 1. The molecule has 180 valence electrons. The summed E-state index contributed by atoms with van der Waals surface area (Å²) in [6.45, 7) is 6.56. The van der Waals surface area contributed by atoms with E-state index < -0.39 is 12.1 Å². The fraction of sp³-hybridized carbons (Fsp3) is 0.417. The van der Waals surface area contributed by atoms with Gasteiger partial charge in [-0.2, -0.15) is 0 Å². The first kappa shape index (κ1) is 23.7. The lowest BCUT2D eigenvalue weighted by Crippen LogP contribution is -2.29. The van der Waals surface area contributed by atoms with Crippen molar-refractivity contribution in [3.63, 3.8) is 0 Å². The van der Waals surface area contributed by atoms with Crippen LogP contribution in [0.1, 0.15) is 23.4 Å². The summed E-state index contributed by atoms with van der Waals surface area (Å²) in [5, 5.41) is 20.2. The number of carbonyl (C=O) groups is 1. The Balaban J connectivity index is 1.73. The zero-order chi connectivity index (χ0) is 24.2. The molecule has 0 radical (unpaired) electrons. The molecule has 1 aliphatic heterocycles. The van der Waals surface area contributed by atoms with E-state index in [1.54, 1.807) is 7.05 Å². The predicted molar refractivity (Wildman–Crippen MR) is 126 cm³/mol. The van der Waals surface area contributed by atoms with Crippen molar-refractivity contribution in [3.8, 4) is 28.4 Å². The number of likely N-dealkylation sites (N-methyl/N-ethyl adjacent to an activating group) is 1. The predicted octanol–water partition coefficient (Wildman–Crippen LogP) is 2.41. The molecule has 1 saturated heterocycles. The number of hydrogen-bond acceptors (Lipinski definition) is 10. The van der Waals surface area contributed by atoms with Gasteiger partial charge in [0.15, 0.2) is 5.82 Å². The molecule has 0 aliphatic carbocycles. The largest absolute Gasteiger partial charge is 0.491 e. The van der Waals surface area contributed by atoms with E-state index in [-0.39, 0.29) is 12.6 Å². The van der Waals surface area contributed by atoms with Gasteiger partial charge in [-0.3, -0.25) is 0 Å². The fourth-order valence-corrected chi connectivity index (χ4v) is 3.85. The number of anilines is 1. The van der Waals surface area contributed by atoms with Gasteiger partial charge in [0.2, 0.25) is 0 Å². The topological polar surface area (TPSA) is 132 Å². The van der Waals surface area contributed by atoms with Gasteiger partial charge in [0.25, 0.3) is 0 Å². The Hall–Kier alpha value is -3.50.